The molecule has 4 rings (SSSR count). The van der Waals surface area contributed by atoms with Crippen molar-refractivity contribution in [3.63, 3.8) is 0 Å². The number of nitrogens with zero attached hydrogens (tertiary/aromatic N) is 1. The largest absolute Gasteiger partial charge is 0.493 e. The van der Waals surface area contributed by atoms with Gasteiger partial charge < -0.3 is 9.47 Å². The molecule has 0 aliphatic carbocycles. The summed E-state index contributed by atoms with van der Waals surface area (Å²) in [6.07, 6.45) is 3.24. The number of fused-ring (bicyclic) bond motifs is 1. The minimum Gasteiger partial charge on any atom is -0.493 e. The van der Waals surface area contributed by atoms with E-state index < -0.39 is 0 Å². The quantitative estimate of drug-likeness (QED) is 0.195. The maximum atomic E-state index is 12.5. The lowest BCUT2D eigenvalue weighted by Crippen LogP contribution is -2.27. The molecule has 2 amide bonds. The van der Waals surface area contributed by atoms with Crippen molar-refractivity contribution in [1.29, 1.82) is 0 Å². The normalized spacial score (nSPS) is 14.9. The first-order valence-electron chi connectivity index (χ1n) is 9.85. The van der Waals surface area contributed by atoms with Gasteiger partial charge >= 0.3 is 0 Å². The smallest absolute Gasteiger partial charge is 0.293 e. The number of ether oxygens (including phenoxy) is 2. The summed E-state index contributed by atoms with van der Waals surface area (Å²) < 4.78 is 12.6. The van der Waals surface area contributed by atoms with Crippen LogP contribution in [0, 0.1) is 3.57 Å². The van der Waals surface area contributed by atoms with Gasteiger partial charge in [-0.05, 0) is 74.5 Å². The highest BCUT2D eigenvalue weighted by Gasteiger charge is 2.34. The van der Waals surface area contributed by atoms with Crippen LogP contribution in [-0.2, 0) is 11.4 Å². The number of benzene rings is 3. The van der Waals surface area contributed by atoms with E-state index in [0.717, 1.165) is 37.2 Å². The van der Waals surface area contributed by atoms with Crippen LogP contribution in [0.25, 0.3) is 16.8 Å². The molecule has 1 fully saturated rings. The molecule has 0 bridgehead atoms. The third kappa shape index (κ3) is 4.54. The molecule has 1 aliphatic heterocycles. The van der Waals surface area contributed by atoms with Gasteiger partial charge in [-0.1, -0.05) is 48.5 Å². The summed E-state index contributed by atoms with van der Waals surface area (Å²) in [5, 5.41) is 2.02. The van der Waals surface area contributed by atoms with E-state index in [4.69, 9.17) is 9.47 Å². The molecule has 0 spiro atoms. The molecule has 1 aliphatic rings. The molecule has 0 N–H and O–H groups in total. The molecule has 0 unspecified atom stereocenters. The van der Waals surface area contributed by atoms with Crippen molar-refractivity contribution in [3.05, 3.63) is 86.9 Å². The van der Waals surface area contributed by atoms with E-state index in [1.165, 1.54) is 11.0 Å². The number of carbonyl (C=O) groups excluding carboxylic acids is 2. The molecule has 1 saturated heterocycles. The highest BCUT2D eigenvalue weighted by Crippen LogP contribution is 2.38. The second-order valence-corrected chi connectivity index (χ2v) is 9.20. The number of methoxy groups -OCH3 is 1. The van der Waals surface area contributed by atoms with Crippen LogP contribution in [0.15, 0.2) is 72.2 Å². The molecule has 5 nitrogen and oxygen atoms in total. The molecule has 32 heavy (non-hydrogen) atoms. The van der Waals surface area contributed by atoms with Gasteiger partial charge in [0.25, 0.3) is 11.1 Å². The monoisotopic (exact) mass is 557 g/mol. The lowest BCUT2D eigenvalue weighted by Gasteiger charge is -2.15. The molecule has 0 radical (unpaired) electrons. The number of imide groups is 1. The standard InChI is InChI=1S/C25H20INO4S/c1-3-11-27-24(28)22(32-25(27)29)14-16-12-20(26)23(21(13-16)30-2)31-15-18-9-6-8-17-7-4-5-10-19(17)18/h3-10,12-14H,1,11,15H2,2H3/b22-14+. The van der Waals surface area contributed by atoms with Crippen molar-refractivity contribution in [1.82, 2.24) is 4.90 Å². The Balaban J connectivity index is 1.60. The predicted octanol–water partition coefficient (Wildman–Crippen LogP) is 6.25. The zero-order chi connectivity index (χ0) is 22.7. The zero-order valence-electron chi connectivity index (χ0n) is 17.3. The Hall–Kier alpha value is -2.78. The Morgan fingerprint density at radius 1 is 1.12 bits per heavy atom. The van der Waals surface area contributed by atoms with E-state index in [0.29, 0.717) is 23.0 Å². The molecule has 0 atom stereocenters. The molecule has 7 heteroatoms. The van der Waals surface area contributed by atoms with Crippen LogP contribution >= 0.6 is 34.4 Å². The van der Waals surface area contributed by atoms with Crippen molar-refractivity contribution in [2.75, 3.05) is 13.7 Å². The summed E-state index contributed by atoms with van der Waals surface area (Å²) >= 11 is 3.12. The third-order valence-electron chi connectivity index (χ3n) is 4.99. The van der Waals surface area contributed by atoms with Gasteiger partial charge in [0, 0.05) is 6.54 Å². The van der Waals surface area contributed by atoms with Crippen molar-refractivity contribution < 1.29 is 19.1 Å². The Kier molecular flexibility index (Phi) is 6.86. The van der Waals surface area contributed by atoms with Crippen LogP contribution in [-0.4, -0.2) is 29.7 Å². The molecular weight excluding hydrogens is 537 g/mol. The van der Waals surface area contributed by atoms with Crippen LogP contribution in [0.5, 0.6) is 11.5 Å². The first-order chi connectivity index (χ1) is 15.5. The number of carbonyl (C=O) groups is 2. The molecule has 1 heterocycles. The van der Waals surface area contributed by atoms with Gasteiger partial charge in [0.1, 0.15) is 6.61 Å². The number of halogens is 1. The zero-order valence-corrected chi connectivity index (χ0v) is 20.3. The number of hydrogen-bond donors (Lipinski definition) is 0. The first-order valence-corrected chi connectivity index (χ1v) is 11.7. The molecular formula is C25H20INO4S. The fourth-order valence-corrected chi connectivity index (χ4v) is 5.10. The topological polar surface area (TPSA) is 55.8 Å². The molecule has 3 aromatic carbocycles. The summed E-state index contributed by atoms with van der Waals surface area (Å²) in [4.78, 5) is 26.1. The lowest BCUT2D eigenvalue weighted by atomic mass is 10.1. The first kappa shape index (κ1) is 22.4. The van der Waals surface area contributed by atoms with Crippen LogP contribution in [0.2, 0.25) is 0 Å². The average molecular weight is 557 g/mol. The minimum atomic E-state index is -0.315. The highest BCUT2D eigenvalue weighted by molar-refractivity contribution is 14.1. The maximum Gasteiger partial charge on any atom is 0.293 e. The summed E-state index contributed by atoms with van der Waals surface area (Å²) in [7, 11) is 1.58. The summed E-state index contributed by atoms with van der Waals surface area (Å²) in [6.45, 7) is 4.19. The number of hydrogen-bond acceptors (Lipinski definition) is 5. The van der Waals surface area contributed by atoms with Crippen LogP contribution in [0.3, 0.4) is 0 Å². The maximum absolute atomic E-state index is 12.5. The average Bonchev–Trinajstić information content (AvgIpc) is 3.05. The van der Waals surface area contributed by atoms with E-state index in [9.17, 15) is 9.59 Å². The second-order valence-electron chi connectivity index (χ2n) is 7.04. The molecule has 3 aromatic rings. The second kappa shape index (κ2) is 9.79. The summed E-state index contributed by atoms with van der Waals surface area (Å²) in [6, 6.07) is 18.1. The van der Waals surface area contributed by atoms with Gasteiger partial charge in [0.15, 0.2) is 11.5 Å². The molecule has 0 saturated carbocycles. The van der Waals surface area contributed by atoms with Crippen LogP contribution < -0.4 is 9.47 Å². The third-order valence-corrected chi connectivity index (χ3v) is 6.70. The Morgan fingerprint density at radius 3 is 2.69 bits per heavy atom. The van der Waals surface area contributed by atoms with E-state index >= 15 is 0 Å². The summed E-state index contributed by atoms with van der Waals surface area (Å²) in [5.41, 5.74) is 1.84. The Morgan fingerprint density at radius 2 is 1.91 bits per heavy atom. The number of rotatable bonds is 7. The van der Waals surface area contributed by atoms with Gasteiger partial charge in [0.2, 0.25) is 0 Å². The van der Waals surface area contributed by atoms with Crippen molar-refractivity contribution >= 4 is 62.3 Å². The molecule has 0 aromatic heterocycles. The van der Waals surface area contributed by atoms with Gasteiger partial charge in [-0.3, -0.25) is 14.5 Å². The number of amides is 2. The van der Waals surface area contributed by atoms with E-state index in [1.807, 2.05) is 30.3 Å². The van der Waals surface area contributed by atoms with Crippen molar-refractivity contribution in [3.8, 4) is 11.5 Å². The van der Waals surface area contributed by atoms with Gasteiger partial charge in [-0.25, -0.2) is 0 Å². The van der Waals surface area contributed by atoms with E-state index in [2.05, 4.69) is 53.4 Å². The fraction of sp³-hybridized carbons (Fsp3) is 0.120. The fourth-order valence-electron chi connectivity index (χ4n) is 3.47. The summed E-state index contributed by atoms with van der Waals surface area (Å²) in [5.74, 6) is 0.886. The lowest BCUT2D eigenvalue weighted by molar-refractivity contribution is -0.122. The Bertz CT molecular complexity index is 1250. The Labute approximate surface area is 204 Å². The van der Waals surface area contributed by atoms with Crippen LogP contribution in [0.1, 0.15) is 11.1 Å². The van der Waals surface area contributed by atoms with Crippen molar-refractivity contribution in [2.24, 2.45) is 0 Å². The van der Waals surface area contributed by atoms with Gasteiger partial charge in [0.05, 0.1) is 15.6 Å². The molecule has 162 valence electrons. The van der Waals surface area contributed by atoms with Gasteiger partial charge in [-0.2, -0.15) is 0 Å². The SMILES string of the molecule is C=CCN1C(=O)S/C(=C/c2cc(I)c(OCc3cccc4ccccc34)c(OC)c2)C1=O. The minimum absolute atomic E-state index is 0.198. The van der Waals surface area contributed by atoms with Crippen molar-refractivity contribution in [2.45, 2.75) is 6.61 Å². The van der Waals surface area contributed by atoms with E-state index in [-0.39, 0.29) is 17.7 Å². The van der Waals surface area contributed by atoms with Gasteiger partial charge in [-0.15, -0.1) is 6.58 Å². The van der Waals surface area contributed by atoms with E-state index in [1.54, 1.807) is 13.2 Å². The predicted molar refractivity (Wildman–Crippen MR) is 137 cm³/mol. The highest BCUT2D eigenvalue weighted by atomic mass is 127. The number of thioether (sulfide) groups is 1. The van der Waals surface area contributed by atoms with Crippen LogP contribution in [0.4, 0.5) is 4.79 Å².